The van der Waals surface area contributed by atoms with Crippen molar-refractivity contribution in [1.82, 2.24) is 30.0 Å². The number of carboxylic acid groups (broad SMARTS) is 1. The molecule has 2 N–H and O–H groups in total. The maximum atomic E-state index is 11.7. The molecule has 0 unspecified atom stereocenters. The van der Waals surface area contributed by atoms with E-state index in [2.05, 4.69) is 68.0 Å². The summed E-state index contributed by atoms with van der Waals surface area (Å²) < 4.78 is 105. The second kappa shape index (κ2) is 59.1. The second-order valence-corrected chi connectivity index (χ2v) is 24.9. The standard InChI is InChI=1S/C89H100N6O22.K/c96-70-81-68-94(92-90-81)33-35-100-37-39-102-41-47-106-53-59-112-83-25-17-76(18-26-83)13-9-72-1-5-74(6-2-72)11-15-78-21-29-85(30-22-78)114-61-55-108-49-43-104-45-51-110-57-63-116-87-65-80(89(98)99)66-88(67-87)117-64-58-111-52-46-105-44-50-109-56-62-115-86-31-23-79(24-32-86)16-12-75-7-3-73(4-8-75)10-14-77-19-27-84(28-20-77)113-60-54-107-48-42-103-40-38-101-36-34-95-69-82(71-97)91-93-95;/h1-8,17-32,65-69,96-97H,33-64,70-71H2,(H,98,99);/q;+1/p-1. The molecule has 29 heteroatoms. The number of aromatic carboxylic acids is 1. The molecule has 9 rings (SSSR count). The van der Waals surface area contributed by atoms with Gasteiger partial charge >= 0.3 is 51.4 Å². The van der Waals surface area contributed by atoms with Gasteiger partial charge in [-0.2, -0.15) is 0 Å². The Balaban J connectivity index is 0.0000174. The van der Waals surface area contributed by atoms with Gasteiger partial charge in [0.15, 0.2) is 0 Å². The van der Waals surface area contributed by atoms with Crippen LogP contribution in [0.15, 0.2) is 176 Å². The van der Waals surface area contributed by atoms with E-state index in [9.17, 15) is 9.90 Å². The quantitative estimate of drug-likeness (QED) is 0.0308. The van der Waals surface area contributed by atoms with E-state index in [0.717, 1.165) is 56.0 Å². The third-order valence-electron chi connectivity index (χ3n) is 16.1. The summed E-state index contributed by atoms with van der Waals surface area (Å²) in [6, 6.07) is 50.3. The number of benzene rings is 7. The molecule has 9 aromatic rings. The number of carbonyl (C=O) groups is 1. The summed E-state index contributed by atoms with van der Waals surface area (Å²) in [5, 5.41) is 45.3. The van der Waals surface area contributed by atoms with E-state index in [1.807, 2.05) is 146 Å². The first kappa shape index (κ1) is 93.9. The number of ether oxygens (including phenoxy) is 18. The normalized spacial score (nSPS) is 10.7. The summed E-state index contributed by atoms with van der Waals surface area (Å²) >= 11 is 0. The van der Waals surface area contributed by atoms with Gasteiger partial charge in [0.05, 0.1) is 203 Å². The van der Waals surface area contributed by atoms with Gasteiger partial charge in [-0.1, -0.05) is 57.8 Å². The van der Waals surface area contributed by atoms with Gasteiger partial charge in [-0.05, 0) is 158 Å². The molecule has 0 saturated heterocycles. The Kier molecular flexibility index (Phi) is 47.1. The van der Waals surface area contributed by atoms with E-state index in [0.29, 0.717) is 219 Å². The van der Waals surface area contributed by atoms with Crippen LogP contribution in [0.2, 0.25) is 0 Å². The summed E-state index contributed by atoms with van der Waals surface area (Å²) in [5.41, 5.74) is 7.91. The molecule has 28 nitrogen and oxygen atoms in total. The smallest absolute Gasteiger partial charge is 0.545 e. The summed E-state index contributed by atoms with van der Waals surface area (Å²) in [7, 11) is 0. The van der Waals surface area contributed by atoms with Gasteiger partial charge < -0.3 is 105 Å². The second-order valence-electron chi connectivity index (χ2n) is 24.9. The average Bonchev–Trinajstić information content (AvgIpc) is 1.96. The van der Waals surface area contributed by atoms with Crippen LogP contribution >= 0.6 is 0 Å². The monoisotopic (exact) mass is 1640 g/mol. The zero-order chi connectivity index (χ0) is 81.3. The maximum Gasteiger partial charge on any atom is 1.00 e. The van der Waals surface area contributed by atoms with Gasteiger partial charge in [-0.25, -0.2) is 9.36 Å². The van der Waals surface area contributed by atoms with Crippen molar-refractivity contribution >= 4 is 5.97 Å². The number of nitrogens with zero attached hydrogens (tertiary/aromatic N) is 6. The molecule has 618 valence electrons. The fourth-order valence-corrected chi connectivity index (χ4v) is 10.1. The molecule has 0 spiro atoms. The maximum absolute atomic E-state index is 11.7. The van der Waals surface area contributed by atoms with E-state index in [-0.39, 0.29) is 96.6 Å². The number of hydrogen-bond donors (Lipinski definition) is 2. The molecule has 0 radical (unpaired) electrons. The Bertz CT molecular complexity index is 4230. The van der Waals surface area contributed by atoms with Crippen molar-refractivity contribution in [3.8, 4) is 81.9 Å². The number of aromatic nitrogens is 6. The first-order valence-electron chi connectivity index (χ1n) is 38.5. The van der Waals surface area contributed by atoms with Crippen molar-refractivity contribution in [3.05, 3.63) is 238 Å². The third kappa shape index (κ3) is 40.7. The van der Waals surface area contributed by atoms with E-state index in [1.165, 1.54) is 12.1 Å². The minimum atomic E-state index is -1.36. The van der Waals surface area contributed by atoms with Crippen molar-refractivity contribution in [2.45, 2.75) is 26.3 Å². The Morgan fingerprint density at radius 3 is 0.653 bits per heavy atom. The number of rotatable bonds is 57. The zero-order valence-corrected chi connectivity index (χ0v) is 69.7. The molecule has 0 atom stereocenters. The molecule has 0 aliphatic carbocycles. The predicted octanol–water partition coefficient (Wildman–Crippen LogP) is 4.09. The van der Waals surface area contributed by atoms with Gasteiger partial charge in [-0.3, -0.25) is 0 Å². The van der Waals surface area contributed by atoms with Crippen LogP contribution in [0.3, 0.4) is 0 Å². The Morgan fingerprint density at radius 1 is 0.271 bits per heavy atom. The molecule has 2 aromatic heterocycles. The molecule has 0 aliphatic rings. The van der Waals surface area contributed by atoms with Crippen LogP contribution in [-0.2, 0) is 83.1 Å². The van der Waals surface area contributed by atoms with Gasteiger partial charge in [0, 0.05) is 56.1 Å². The summed E-state index contributed by atoms with van der Waals surface area (Å²) in [6.45, 7) is 12.4. The molecule has 118 heavy (non-hydrogen) atoms. The van der Waals surface area contributed by atoms with E-state index < -0.39 is 5.97 Å². The van der Waals surface area contributed by atoms with Crippen LogP contribution in [0.5, 0.6) is 34.5 Å². The van der Waals surface area contributed by atoms with Crippen LogP contribution < -0.4 is 84.9 Å². The van der Waals surface area contributed by atoms with Crippen LogP contribution in [0.4, 0.5) is 0 Å². The number of aliphatic hydroxyl groups excluding tert-OH is 2. The molecule has 0 saturated carbocycles. The molecule has 0 aliphatic heterocycles. The van der Waals surface area contributed by atoms with Gasteiger partial charge in [0.2, 0.25) is 0 Å². The van der Waals surface area contributed by atoms with Crippen molar-refractivity contribution in [1.29, 1.82) is 0 Å². The van der Waals surface area contributed by atoms with Crippen molar-refractivity contribution in [3.63, 3.8) is 0 Å². The van der Waals surface area contributed by atoms with Crippen molar-refractivity contribution in [2.24, 2.45) is 0 Å². The minimum Gasteiger partial charge on any atom is -0.545 e. The fourth-order valence-electron chi connectivity index (χ4n) is 10.1. The van der Waals surface area contributed by atoms with Gasteiger partial charge in [-0.15, -0.1) is 10.2 Å². The summed E-state index contributed by atoms with van der Waals surface area (Å²) in [4.78, 5) is 11.7. The fraction of sp³-hybridized carbons (Fsp3) is 0.382. The number of carboxylic acids is 1. The number of aliphatic hydroxyl groups is 2. The Morgan fingerprint density at radius 2 is 0.458 bits per heavy atom. The Hall–Kier alpha value is -9.59. The van der Waals surface area contributed by atoms with E-state index in [4.69, 9.17) is 95.5 Å². The first-order valence-corrected chi connectivity index (χ1v) is 38.5. The molecule has 0 fully saturated rings. The summed E-state index contributed by atoms with van der Waals surface area (Å²) in [6.07, 6.45) is 3.37. The number of carbonyl (C=O) groups excluding carboxylic acids is 1. The molecule has 0 bridgehead atoms. The van der Waals surface area contributed by atoms with E-state index in [1.54, 1.807) is 27.8 Å². The molecule has 7 aromatic carbocycles. The van der Waals surface area contributed by atoms with Crippen LogP contribution in [0, 0.1) is 47.4 Å². The molecular formula is C89H99KN6O22. The minimum absolute atomic E-state index is 0. The number of hydrogen-bond acceptors (Lipinski definition) is 26. The van der Waals surface area contributed by atoms with Crippen LogP contribution in [0.25, 0.3) is 0 Å². The van der Waals surface area contributed by atoms with Crippen LogP contribution in [-0.4, -0.2) is 244 Å². The SMILES string of the molecule is O=C([O-])c1cc(OCCOCCOCCOCCOc2ccc(C#Cc3ccc(C#Cc4ccc(OCCOCCOCCOCCn5cc(CO)nn5)cc4)cc3)cc2)cc(OCCOCCOCCOCCOc2ccc(C#Cc3ccc(C#Cc4ccc(OCCOCCOCCOCCn5cc(CO)nn5)cc4)cc3)cc2)c1.[K+]. The van der Waals surface area contributed by atoms with Crippen molar-refractivity contribution in [2.75, 3.05) is 198 Å². The van der Waals surface area contributed by atoms with Crippen molar-refractivity contribution < 1.29 is 157 Å². The van der Waals surface area contributed by atoms with Crippen LogP contribution in [0.1, 0.15) is 66.3 Å². The van der Waals surface area contributed by atoms with Gasteiger partial charge in [0.25, 0.3) is 0 Å². The molecular weight excluding hydrogens is 1540 g/mol. The largest absolute Gasteiger partial charge is 1.00 e. The summed E-state index contributed by atoms with van der Waals surface area (Å²) in [5.74, 6) is 27.7. The van der Waals surface area contributed by atoms with E-state index >= 15 is 0 Å². The zero-order valence-electron chi connectivity index (χ0n) is 66.5. The third-order valence-corrected chi connectivity index (χ3v) is 16.1. The van der Waals surface area contributed by atoms with Gasteiger partial charge in [0.1, 0.15) is 85.5 Å². The average molecular weight is 1640 g/mol. The molecule has 2 heterocycles. The predicted molar refractivity (Wildman–Crippen MR) is 428 cm³/mol. The Labute approximate surface area is 731 Å². The topological polar surface area (TPSA) is 308 Å². The molecule has 0 amide bonds. The first-order chi connectivity index (χ1) is 57.8.